The number of benzene rings is 1. The first kappa shape index (κ1) is 12.4. The Hall–Kier alpha value is -2.01. The molecule has 2 N–H and O–H groups in total. The third-order valence-corrected chi connectivity index (χ3v) is 2.48. The van der Waals surface area contributed by atoms with E-state index in [9.17, 15) is 9.59 Å². The number of hydrazine groups is 1. The predicted octanol–water partition coefficient (Wildman–Crippen LogP) is 1.82. The molecule has 0 saturated carbocycles. The average molecular weight is 267 g/mol. The van der Waals surface area contributed by atoms with E-state index in [4.69, 9.17) is 16.0 Å². The van der Waals surface area contributed by atoms with Crippen LogP contribution in [0.25, 0.3) is 11.0 Å². The normalized spacial score (nSPS) is 10.3. The molecular weight excluding hydrogens is 256 g/mol. The molecule has 2 amide bonds. The minimum Gasteiger partial charge on any atom is -0.451 e. The molecule has 0 atom stereocenters. The number of furan rings is 1. The summed E-state index contributed by atoms with van der Waals surface area (Å²) in [6.07, 6.45) is 0.141. The van der Waals surface area contributed by atoms with Crippen LogP contribution in [0.1, 0.15) is 17.0 Å². The summed E-state index contributed by atoms with van der Waals surface area (Å²) in [5.74, 6) is -0.516. The lowest BCUT2D eigenvalue weighted by Crippen LogP contribution is -2.41. The third kappa shape index (κ3) is 2.81. The van der Waals surface area contributed by atoms with E-state index in [1.54, 1.807) is 12.1 Å². The Morgan fingerprint density at radius 3 is 2.72 bits per heavy atom. The summed E-state index contributed by atoms with van der Waals surface area (Å²) in [6, 6.07) is 8.87. The van der Waals surface area contributed by atoms with Crippen LogP contribution in [0.5, 0.6) is 0 Å². The second-order valence-corrected chi connectivity index (χ2v) is 3.97. The Morgan fingerprint density at radius 1 is 1.22 bits per heavy atom. The molecule has 18 heavy (non-hydrogen) atoms. The Kier molecular flexibility index (Phi) is 3.84. The van der Waals surface area contributed by atoms with Gasteiger partial charge in [-0.2, -0.15) is 0 Å². The van der Waals surface area contributed by atoms with Crippen LogP contribution in [0.4, 0.5) is 0 Å². The van der Waals surface area contributed by atoms with Crippen LogP contribution >= 0.6 is 11.6 Å². The van der Waals surface area contributed by atoms with Gasteiger partial charge in [-0.05, 0) is 12.1 Å². The van der Waals surface area contributed by atoms with Gasteiger partial charge in [0.2, 0.25) is 5.91 Å². The van der Waals surface area contributed by atoms with Gasteiger partial charge in [-0.15, -0.1) is 11.6 Å². The molecule has 0 fully saturated rings. The third-order valence-electron chi connectivity index (χ3n) is 2.29. The monoisotopic (exact) mass is 266 g/mol. The summed E-state index contributed by atoms with van der Waals surface area (Å²) >= 11 is 5.39. The minimum atomic E-state index is -0.505. The molecule has 5 nitrogen and oxygen atoms in total. The molecule has 1 heterocycles. The zero-order valence-electron chi connectivity index (χ0n) is 9.40. The van der Waals surface area contributed by atoms with E-state index in [0.717, 1.165) is 5.39 Å². The molecule has 0 bridgehead atoms. The van der Waals surface area contributed by atoms with Gasteiger partial charge in [0.15, 0.2) is 5.76 Å². The molecule has 0 aliphatic rings. The SMILES string of the molecule is O=C(CCCl)NNC(=O)c1cc2ccccc2o1. The van der Waals surface area contributed by atoms with Crippen molar-refractivity contribution in [2.24, 2.45) is 0 Å². The second-order valence-electron chi connectivity index (χ2n) is 3.59. The number of para-hydroxylation sites is 1. The van der Waals surface area contributed by atoms with Crippen molar-refractivity contribution in [1.82, 2.24) is 10.9 Å². The first-order valence-corrected chi connectivity index (χ1v) is 5.88. The Balaban J connectivity index is 2.02. The van der Waals surface area contributed by atoms with E-state index >= 15 is 0 Å². The zero-order chi connectivity index (χ0) is 13.0. The van der Waals surface area contributed by atoms with Gasteiger partial charge in [0, 0.05) is 17.7 Å². The largest absolute Gasteiger partial charge is 0.451 e. The van der Waals surface area contributed by atoms with Crippen molar-refractivity contribution in [1.29, 1.82) is 0 Å². The zero-order valence-corrected chi connectivity index (χ0v) is 10.2. The highest BCUT2D eigenvalue weighted by molar-refractivity contribution is 6.18. The van der Waals surface area contributed by atoms with E-state index in [-0.39, 0.29) is 24.0 Å². The van der Waals surface area contributed by atoms with Crippen molar-refractivity contribution >= 4 is 34.4 Å². The summed E-state index contributed by atoms with van der Waals surface area (Å²) in [7, 11) is 0. The molecule has 0 radical (unpaired) electrons. The number of hydrogen-bond acceptors (Lipinski definition) is 3. The van der Waals surface area contributed by atoms with Gasteiger partial charge in [0.1, 0.15) is 5.58 Å². The Morgan fingerprint density at radius 2 is 2.00 bits per heavy atom. The topological polar surface area (TPSA) is 71.3 Å². The number of carbonyl (C=O) groups excluding carboxylic acids is 2. The fourth-order valence-electron chi connectivity index (χ4n) is 1.43. The molecule has 94 valence electrons. The maximum Gasteiger partial charge on any atom is 0.305 e. The van der Waals surface area contributed by atoms with Crippen molar-refractivity contribution in [2.75, 3.05) is 5.88 Å². The number of hydrogen-bond donors (Lipinski definition) is 2. The molecule has 1 aromatic heterocycles. The summed E-state index contributed by atoms with van der Waals surface area (Å²) < 4.78 is 5.33. The van der Waals surface area contributed by atoms with E-state index in [1.807, 2.05) is 18.2 Å². The fraction of sp³-hybridized carbons (Fsp3) is 0.167. The molecule has 6 heteroatoms. The lowest BCUT2D eigenvalue weighted by atomic mass is 10.2. The van der Waals surface area contributed by atoms with Crippen LogP contribution in [0, 0.1) is 0 Å². The van der Waals surface area contributed by atoms with E-state index in [1.165, 1.54) is 0 Å². The summed E-state index contributed by atoms with van der Waals surface area (Å²) in [4.78, 5) is 22.8. The van der Waals surface area contributed by atoms with Crippen LogP contribution in [0.3, 0.4) is 0 Å². The number of carbonyl (C=O) groups is 2. The highest BCUT2D eigenvalue weighted by atomic mass is 35.5. The Labute approximate surface area is 108 Å². The van der Waals surface area contributed by atoms with Gasteiger partial charge in [0.05, 0.1) is 0 Å². The summed E-state index contributed by atoms with van der Waals surface area (Å²) in [5.41, 5.74) is 5.12. The van der Waals surface area contributed by atoms with Gasteiger partial charge in [0.25, 0.3) is 0 Å². The predicted molar refractivity (Wildman–Crippen MR) is 67.2 cm³/mol. The molecule has 0 saturated heterocycles. The highest BCUT2D eigenvalue weighted by Crippen LogP contribution is 2.18. The molecule has 1 aromatic carbocycles. The van der Waals surface area contributed by atoms with Crippen LogP contribution in [0.15, 0.2) is 34.7 Å². The fourth-order valence-corrected chi connectivity index (χ4v) is 1.60. The first-order chi connectivity index (χ1) is 8.70. The van der Waals surface area contributed by atoms with Crippen molar-refractivity contribution in [2.45, 2.75) is 6.42 Å². The average Bonchev–Trinajstić information content (AvgIpc) is 2.80. The van der Waals surface area contributed by atoms with Crippen LogP contribution in [-0.4, -0.2) is 17.7 Å². The van der Waals surface area contributed by atoms with Crippen molar-refractivity contribution in [3.05, 3.63) is 36.1 Å². The molecule has 0 spiro atoms. The number of halogens is 1. The molecule has 0 aliphatic carbocycles. The van der Waals surface area contributed by atoms with Crippen molar-refractivity contribution < 1.29 is 14.0 Å². The number of alkyl halides is 1. The maximum absolute atomic E-state index is 11.7. The lowest BCUT2D eigenvalue weighted by Gasteiger charge is -2.03. The van der Waals surface area contributed by atoms with Crippen molar-refractivity contribution in [3.63, 3.8) is 0 Å². The van der Waals surface area contributed by atoms with E-state index in [0.29, 0.717) is 5.58 Å². The van der Waals surface area contributed by atoms with Gasteiger partial charge < -0.3 is 4.42 Å². The molecular formula is C12H11ClN2O3. The second kappa shape index (κ2) is 5.55. The van der Waals surface area contributed by atoms with E-state index in [2.05, 4.69) is 10.9 Å². The quantitative estimate of drug-likeness (QED) is 0.658. The number of nitrogens with one attached hydrogen (secondary N) is 2. The summed E-state index contributed by atoms with van der Waals surface area (Å²) in [5, 5.41) is 0.828. The van der Waals surface area contributed by atoms with Gasteiger partial charge >= 0.3 is 5.91 Å². The number of fused-ring (bicyclic) bond motifs is 1. The van der Waals surface area contributed by atoms with Crippen molar-refractivity contribution in [3.8, 4) is 0 Å². The molecule has 0 unspecified atom stereocenters. The number of amides is 2. The summed E-state index contributed by atoms with van der Waals surface area (Å²) in [6.45, 7) is 0. The molecule has 2 aromatic rings. The lowest BCUT2D eigenvalue weighted by molar-refractivity contribution is -0.121. The molecule has 0 aliphatic heterocycles. The highest BCUT2D eigenvalue weighted by Gasteiger charge is 2.12. The van der Waals surface area contributed by atoms with Gasteiger partial charge in [-0.3, -0.25) is 20.4 Å². The smallest absolute Gasteiger partial charge is 0.305 e. The van der Waals surface area contributed by atoms with E-state index < -0.39 is 5.91 Å². The number of rotatable bonds is 3. The first-order valence-electron chi connectivity index (χ1n) is 5.34. The van der Waals surface area contributed by atoms with Gasteiger partial charge in [-0.25, -0.2) is 0 Å². The van der Waals surface area contributed by atoms with Crippen LogP contribution in [-0.2, 0) is 4.79 Å². The molecule has 2 rings (SSSR count). The standard InChI is InChI=1S/C12H11ClN2O3/c13-6-5-11(16)14-15-12(17)10-7-8-3-1-2-4-9(8)18-10/h1-4,7H,5-6H2,(H,14,16)(H,15,17). The maximum atomic E-state index is 11.7. The van der Waals surface area contributed by atoms with Crippen LogP contribution in [0.2, 0.25) is 0 Å². The minimum absolute atomic E-state index is 0.141. The van der Waals surface area contributed by atoms with Gasteiger partial charge in [-0.1, -0.05) is 18.2 Å². The van der Waals surface area contributed by atoms with Crippen LogP contribution < -0.4 is 10.9 Å². The Bertz CT molecular complexity index is 546.